The van der Waals surface area contributed by atoms with Gasteiger partial charge in [-0.3, -0.25) is 0 Å². The number of nitrogens with zero attached hydrogens (tertiary/aromatic N) is 1. The van der Waals surface area contributed by atoms with Crippen molar-refractivity contribution in [1.29, 1.82) is 0 Å². The standard InChI is InChI=1S/C12H13F4NOS/c1-11(2,3)19(18)17-7-8-4-5-9(6-10(8)13)12(14,15)16/h4-7H,1-3H3/b17-7+/t19-/m1/s1. The van der Waals surface area contributed by atoms with Gasteiger partial charge in [-0.05, 0) is 39.0 Å². The van der Waals surface area contributed by atoms with E-state index in [9.17, 15) is 21.8 Å². The van der Waals surface area contributed by atoms with Gasteiger partial charge in [-0.2, -0.15) is 17.6 Å². The fourth-order valence-corrected chi connectivity index (χ4v) is 1.60. The van der Waals surface area contributed by atoms with Crippen molar-refractivity contribution in [3.8, 4) is 0 Å². The third kappa shape index (κ3) is 4.41. The van der Waals surface area contributed by atoms with Crippen LogP contribution in [0.3, 0.4) is 0 Å². The maximum absolute atomic E-state index is 13.4. The first-order valence-corrected chi connectivity index (χ1v) is 6.45. The molecule has 0 N–H and O–H groups in total. The van der Waals surface area contributed by atoms with Gasteiger partial charge in [-0.25, -0.2) is 8.60 Å². The third-order valence-electron chi connectivity index (χ3n) is 2.14. The van der Waals surface area contributed by atoms with Crippen LogP contribution in [0.4, 0.5) is 17.6 Å². The Balaban J connectivity index is 2.99. The zero-order chi connectivity index (χ0) is 14.8. The molecular weight excluding hydrogens is 282 g/mol. The zero-order valence-electron chi connectivity index (χ0n) is 10.6. The molecule has 0 saturated carbocycles. The summed E-state index contributed by atoms with van der Waals surface area (Å²) in [5, 5.41) is 0. The molecule has 1 aromatic carbocycles. The quantitative estimate of drug-likeness (QED) is 0.604. The average molecular weight is 295 g/mol. The molecule has 2 nitrogen and oxygen atoms in total. The maximum atomic E-state index is 13.4. The van der Waals surface area contributed by atoms with E-state index in [2.05, 4.69) is 4.40 Å². The predicted molar refractivity (Wildman–Crippen MR) is 66.9 cm³/mol. The van der Waals surface area contributed by atoms with Crippen LogP contribution < -0.4 is 0 Å². The summed E-state index contributed by atoms with van der Waals surface area (Å²) in [6.45, 7) is 5.05. The van der Waals surface area contributed by atoms with Gasteiger partial charge in [0.15, 0.2) is 0 Å². The molecule has 0 aliphatic rings. The molecule has 1 aromatic rings. The lowest BCUT2D eigenvalue weighted by Crippen LogP contribution is -2.19. The van der Waals surface area contributed by atoms with Gasteiger partial charge in [0.25, 0.3) is 0 Å². The molecule has 0 unspecified atom stereocenters. The Kier molecular flexibility index (Phi) is 4.50. The minimum absolute atomic E-state index is 0.134. The highest BCUT2D eigenvalue weighted by Gasteiger charge is 2.31. The summed E-state index contributed by atoms with van der Waals surface area (Å²) in [6.07, 6.45) is -3.61. The second-order valence-electron chi connectivity index (χ2n) is 4.83. The van der Waals surface area contributed by atoms with Gasteiger partial charge >= 0.3 is 6.18 Å². The maximum Gasteiger partial charge on any atom is 0.416 e. The van der Waals surface area contributed by atoms with Gasteiger partial charge in [-0.15, -0.1) is 0 Å². The number of alkyl halides is 3. The number of benzene rings is 1. The number of hydrogen-bond acceptors (Lipinski definition) is 1. The fourth-order valence-electron chi connectivity index (χ4n) is 1.07. The Morgan fingerprint density at radius 1 is 1.21 bits per heavy atom. The second kappa shape index (κ2) is 5.40. The van der Waals surface area contributed by atoms with Crippen molar-refractivity contribution in [1.82, 2.24) is 0 Å². The molecule has 0 spiro atoms. The van der Waals surface area contributed by atoms with Crippen molar-refractivity contribution in [2.24, 2.45) is 4.40 Å². The van der Waals surface area contributed by atoms with E-state index < -0.39 is 33.3 Å². The van der Waals surface area contributed by atoms with Crippen molar-refractivity contribution in [3.05, 3.63) is 35.1 Å². The summed E-state index contributed by atoms with van der Waals surface area (Å²) in [7, 11) is -1.59. The first-order valence-electron chi connectivity index (χ1n) is 5.34. The monoisotopic (exact) mass is 295 g/mol. The van der Waals surface area contributed by atoms with E-state index in [-0.39, 0.29) is 5.56 Å². The van der Waals surface area contributed by atoms with Crippen molar-refractivity contribution in [2.45, 2.75) is 31.7 Å². The Hall–Kier alpha value is -1.24. The minimum Gasteiger partial charge on any atom is -0.234 e. The first kappa shape index (κ1) is 15.8. The van der Waals surface area contributed by atoms with Crippen molar-refractivity contribution >= 4 is 17.2 Å². The molecule has 7 heteroatoms. The molecule has 19 heavy (non-hydrogen) atoms. The van der Waals surface area contributed by atoms with Crippen LogP contribution in [0.25, 0.3) is 0 Å². The summed E-state index contributed by atoms with van der Waals surface area (Å²) >= 11 is 0. The molecule has 0 bridgehead atoms. The van der Waals surface area contributed by atoms with Crippen molar-refractivity contribution in [3.63, 3.8) is 0 Å². The molecule has 0 aliphatic carbocycles. The van der Waals surface area contributed by atoms with E-state index in [1.807, 2.05) is 0 Å². The van der Waals surface area contributed by atoms with Crippen LogP contribution in [-0.4, -0.2) is 15.2 Å². The lowest BCUT2D eigenvalue weighted by Gasteiger charge is -2.12. The number of hydrogen-bond donors (Lipinski definition) is 0. The highest BCUT2D eigenvalue weighted by molar-refractivity contribution is 7.85. The Morgan fingerprint density at radius 2 is 1.79 bits per heavy atom. The van der Waals surface area contributed by atoms with E-state index >= 15 is 0 Å². The van der Waals surface area contributed by atoms with Gasteiger partial charge in [-0.1, -0.05) is 0 Å². The van der Waals surface area contributed by atoms with E-state index in [1.165, 1.54) is 0 Å². The Labute approximate surface area is 111 Å². The second-order valence-corrected chi connectivity index (χ2v) is 6.76. The van der Waals surface area contributed by atoms with E-state index in [0.29, 0.717) is 6.07 Å². The van der Waals surface area contributed by atoms with Crippen molar-refractivity contribution < 1.29 is 21.8 Å². The van der Waals surface area contributed by atoms with Gasteiger partial charge < -0.3 is 0 Å². The SMILES string of the molecule is CC(C)(C)[S@@](=O)/N=C/c1ccc(C(F)(F)F)cc1F. The van der Waals surface area contributed by atoms with Crippen LogP contribution in [0.5, 0.6) is 0 Å². The van der Waals surface area contributed by atoms with E-state index in [0.717, 1.165) is 18.3 Å². The zero-order valence-corrected chi connectivity index (χ0v) is 11.4. The summed E-state index contributed by atoms with van der Waals surface area (Å²) < 4.78 is 65.0. The molecule has 1 atom stereocenters. The minimum atomic E-state index is -4.59. The number of halogens is 4. The first-order chi connectivity index (χ1) is 8.51. The lowest BCUT2D eigenvalue weighted by molar-refractivity contribution is -0.137. The molecule has 0 amide bonds. The molecule has 0 saturated heterocycles. The third-order valence-corrected chi connectivity index (χ3v) is 3.48. The summed E-state index contributed by atoms with van der Waals surface area (Å²) in [4.78, 5) is 0. The molecule has 0 radical (unpaired) electrons. The van der Waals surface area contributed by atoms with E-state index in [1.54, 1.807) is 20.8 Å². The molecular formula is C12H13F4NOS. The van der Waals surface area contributed by atoms with Gasteiger partial charge in [0.2, 0.25) is 0 Å². The molecule has 0 aliphatic heterocycles. The van der Waals surface area contributed by atoms with Crippen LogP contribution in [-0.2, 0) is 17.2 Å². The molecule has 0 fully saturated rings. The topological polar surface area (TPSA) is 29.4 Å². The molecule has 106 valence electrons. The summed E-state index contributed by atoms with van der Waals surface area (Å²) in [5.41, 5.74) is -1.20. The van der Waals surface area contributed by atoms with Crippen LogP contribution in [0.15, 0.2) is 22.6 Å². The molecule has 0 aromatic heterocycles. The van der Waals surface area contributed by atoms with Gasteiger partial charge in [0.1, 0.15) is 16.8 Å². The Bertz CT molecular complexity index is 517. The highest BCUT2D eigenvalue weighted by atomic mass is 32.2. The van der Waals surface area contributed by atoms with Crippen LogP contribution in [0.1, 0.15) is 31.9 Å². The lowest BCUT2D eigenvalue weighted by atomic mass is 10.1. The van der Waals surface area contributed by atoms with Crippen molar-refractivity contribution in [2.75, 3.05) is 0 Å². The number of rotatable bonds is 2. The van der Waals surface area contributed by atoms with Gasteiger partial charge in [0.05, 0.1) is 10.3 Å². The van der Waals surface area contributed by atoms with Crippen LogP contribution in [0, 0.1) is 5.82 Å². The largest absolute Gasteiger partial charge is 0.416 e. The average Bonchev–Trinajstić information content (AvgIpc) is 2.24. The molecule has 1 rings (SSSR count). The normalized spacial score (nSPS) is 14.9. The highest BCUT2D eigenvalue weighted by Crippen LogP contribution is 2.30. The summed E-state index contributed by atoms with van der Waals surface area (Å²) in [6, 6.07) is 2.10. The smallest absolute Gasteiger partial charge is 0.234 e. The molecule has 0 heterocycles. The fraction of sp³-hybridized carbons (Fsp3) is 0.417. The van der Waals surface area contributed by atoms with Crippen LogP contribution in [0.2, 0.25) is 0 Å². The van der Waals surface area contributed by atoms with E-state index in [4.69, 9.17) is 0 Å². The van der Waals surface area contributed by atoms with Crippen LogP contribution >= 0.6 is 0 Å². The summed E-state index contributed by atoms with van der Waals surface area (Å²) in [5.74, 6) is -1.05. The predicted octanol–water partition coefficient (Wildman–Crippen LogP) is 3.73. The van der Waals surface area contributed by atoms with Gasteiger partial charge in [0, 0.05) is 11.8 Å². The Morgan fingerprint density at radius 3 is 2.21 bits per heavy atom.